The topological polar surface area (TPSA) is 78.9 Å². The minimum atomic E-state index is -0.761. The van der Waals surface area contributed by atoms with Crippen LogP contribution < -0.4 is 0 Å². The minimum Gasteiger partial charge on any atom is -0.462 e. The highest BCUT2D eigenvalue weighted by Crippen LogP contribution is 2.19. The SMILES string of the molecule is CCCCCCCCCCCCCCCCCCCCCCCCCCC(=O)OCC(COC(=O)CCCCCCCCCCCCCCCC)OC(=O)CCCCCCCCCCCCCCCC. The van der Waals surface area contributed by atoms with Gasteiger partial charge in [0.05, 0.1) is 0 Å². The third kappa shape index (κ3) is 57.3. The molecular formula is C64H124O6. The summed E-state index contributed by atoms with van der Waals surface area (Å²) >= 11 is 0. The van der Waals surface area contributed by atoms with Crippen molar-refractivity contribution in [2.45, 2.75) is 380 Å². The van der Waals surface area contributed by atoms with Gasteiger partial charge in [-0.15, -0.1) is 0 Å². The molecule has 0 aromatic heterocycles. The van der Waals surface area contributed by atoms with E-state index < -0.39 is 6.10 Å². The fraction of sp³-hybridized carbons (Fsp3) is 0.953. The first kappa shape index (κ1) is 68.4. The molecule has 0 aliphatic rings. The number of carbonyl (C=O) groups excluding carboxylic acids is 3. The van der Waals surface area contributed by atoms with Crippen LogP contribution in [0.5, 0.6) is 0 Å². The molecule has 70 heavy (non-hydrogen) atoms. The van der Waals surface area contributed by atoms with Crippen LogP contribution in [0.15, 0.2) is 0 Å². The molecule has 416 valence electrons. The molecule has 0 aromatic rings. The van der Waals surface area contributed by atoms with Gasteiger partial charge in [0.1, 0.15) is 13.2 Å². The predicted molar refractivity (Wildman–Crippen MR) is 303 cm³/mol. The van der Waals surface area contributed by atoms with Gasteiger partial charge in [0.25, 0.3) is 0 Å². The molecule has 0 aliphatic carbocycles. The highest BCUT2D eigenvalue weighted by molar-refractivity contribution is 5.71. The summed E-state index contributed by atoms with van der Waals surface area (Å²) in [7, 11) is 0. The third-order valence-electron chi connectivity index (χ3n) is 14.9. The lowest BCUT2D eigenvalue weighted by Gasteiger charge is -2.18. The summed E-state index contributed by atoms with van der Waals surface area (Å²) in [5.41, 5.74) is 0. The Labute approximate surface area is 438 Å². The van der Waals surface area contributed by atoms with Crippen molar-refractivity contribution >= 4 is 17.9 Å². The second-order valence-electron chi connectivity index (χ2n) is 22.1. The largest absolute Gasteiger partial charge is 0.462 e. The third-order valence-corrected chi connectivity index (χ3v) is 14.9. The lowest BCUT2D eigenvalue weighted by atomic mass is 10.0. The maximum Gasteiger partial charge on any atom is 0.306 e. The summed E-state index contributed by atoms with van der Waals surface area (Å²) in [6, 6.07) is 0. The fourth-order valence-corrected chi connectivity index (χ4v) is 10.0. The molecule has 0 aliphatic heterocycles. The summed E-state index contributed by atoms with van der Waals surface area (Å²) in [5.74, 6) is -0.827. The molecule has 1 unspecified atom stereocenters. The van der Waals surface area contributed by atoms with Gasteiger partial charge in [-0.25, -0.2) is 0 Å². The Morgan fingerprint density at radius 2 is 0.386 bits per heavy atom. The maximum atomic E-state index is 12.9. The first-order valence-corrected chi connectivity index (χ1v) is 32.0. The van der Waals surface area contributed by atoms with E-state index in [9.17, 15) is 14.4 Å². The molecule has 0 saturated carbocycles. The van der Waals surface area contributed by atoms with Crippen LogP contribution in [0.25, 0.3) is 0 Å². The summed E-state index contributed by atoms with van der Waals surface area (Å²) in [6.07, 6.45) is 68.3. The Balaban J connectivity index is 4.19. The van der Waals surface area contributed by atoms with Crippen molar-refractivity contribution in [1.82, 2.24) is 0 Å². The van der Waals surface area contributed by atoms with Gasteiger partial charge in [0, 0.05) is 19.3 Å². The molecule has 1 atom stereocenters. The second-order valence-corrected chi connectivity index (χ2v) is 22.1. The Morgan fingerprint density at radius 1 is 0.229 bits per heavy atom. The van der Waals surface area contributed by atoms with Crippen molar-refractivity contribution in [2.75, 3.05) is 13.2 Å². The smallest absolute Gasteiger partial charge is 0.306 e. The minimum absolute atomic E-state index is 0.0607. The highest BCUT2D eigenvalue weighted by atomic mass is 16.6. The van der Waals surface area contributed by atoms with E-state index in [1.165, 1.54) is 276 Å². The summed E-state index contributed by atoms with van der Waals surface area (Å²) in [4.78, 5) is 38.2. The second kappa shape index (κ2) is 60.0. The number of esters is 3. The lowest BCUT2D eigenvalue weighted by Crippen LogP contribution is -2.30. The van der Waals surface area contributed by atoms with Gasteiger partial charge in [-0.05, 0) is 19.3 Å². The molecule has 0 radical (unpaired) electrons. The number of unbranched alkanes of at least 4 members (excludes halogenated alkanes) is 49. The Hall–Kier alpha value is -1.59. The van der Waals surface area contributed by atoms with Gasteiger partial charge in [-0.2, -0.15) is 0 Å². The Bertz CT molecular complexity index is 1040. The molecule has 0 aromatic carbocycles. The lowest BCUT2D eigenvalue weighted by molar-refractivity contribution is -0.167. The zero-order chi connectivity index (χ0) is 50.7. The number of hydrogen-bond acceptors (Lipinski definition) is 6. The number of rotatable bonds is 60. The van der Waals surface area contributed by atoms with E-state index in [0.29, 0.717) is 19.3 Å². The van der Waals surface area contributed by atoms with E-state index in [1.54, 1.807) is 0 Å². The molecule has 0 fully saturated rings. The molecule has 0 saturated heterocycles. The van der Waals surface area contributed by atoms with Crippen molar-refractivity contribution in [3.05, 3.63) is 0 Å². The highest BCUT2D eigenvalue weighted by Gasteiger charge is 2.19. The van der Waals surface area contributed by atoms with Gasteiger partial charge in [-0.1, -0.05) is 335 Å². The van der Waals surface area contributed by atoms with Crippen molar-refractivity contribution in [2.24, 2.45) is 0 Å². The van der Waals surface area contributed by atoms with E-state index in [1.807, 2.05) is 0 Å². The molecule has 0 spiro atoms. The van der Waals surface area contributed by atoms with Crippen LogP contribution in [0.2, 0.25) is 0 Å². The molecule has 6 heteroatoms. The van der Waals surface area contributed by atoms with E-state index in [-0.39, 0.29) is 31.1 Å². The van der Waals surface area contributed by atoms with Crippen molar-refractivity contribution < 1.29 is 28.6 Å². The first-order chi connectivity index (χ1) is 34.5. The zero-order valence-corrected chi connectivity index (χ0v) is 47.8. The first-order valence-electron chi connectivity index (χ1n) is 32.0. The molecule has 0 amide bonds. The average molecular weight is 990 g/mol. The van der Waals surface area contributed by atoms with E-state index in [4.69, 9.17) is 14.2 Å². The average Bonchev–Trinajstić information content (AvgIpc) is 3.36. The van der Waals surface area contributed by atoms with Crippen LogP contribution in [0, 0.1) is 0 Å². The van der Waals surface area contributed by atoms with E-state index in [0.717, 1.165) is 57.8 Å². The van der Waals surface area contributed by atoms with Crippen LogP contribution in [0.3, 0.4) is 0 Å². The van der Waals surface area contributed by atoms with Crippen molar-refractivity contribution in [1.29, 1.82) is 0 Å². The zero-order valence-electron chi connectivity index (χ0n) is 47.8. The predicted octanol–water partition coefficient (Wildman–Crippen LogP) is 21.5. The van der Waals surface area contributed by atoms with Crippen LogP contribution >= 0.6 is 0 Å². The van der Waals surface area contributed by atoms with Crippen LogP contribution in [0.4, 0.5) is 0 Å². The summed E-state index contributed by atoms with van der Waals surface area (Å²) in [6.45, 7) is 6.72. The number of carbonyl (C=O) groups is 3. The quantitative estimate of drug-likeness (QED) is 0.0343. The number of hydrogen-bond donors (Lipinski definition) is 0. The van der Waals surface area contributed by atoms with Gasteiger partial charge >= 0.3 is 17.9 Å². The normalized spacial score (nSPS) is 11.9. The van der Waals surface area contributed by atoms with Crippen molar-refractivity contribution in [3.8, 4) is 0 Å². The molecule has 0 N–H and O–H groups in total. The Morgan fingerprint density at radius 3 is 0.571 bits per heavy atom. The van der Waals surface area contributed by atoms with Crippen LogP contribution in [-0.2, 0) is 28.6 Å². The Kier molecular flexibility index (Phi) is 58.6. The van der Waals surface area contributed by atoms with Gasteiger partial charge in [-0.3, -0.25) is 14.4 Å². The van der Waals surface area contributed by atoms with E-state index in [2.05, 4.69) is 20.8 Å². The fourth-order valence-electron chi connectivity index (χ4n) is 10.0. The van der Waals surface area contributed by atoms with E-state index >= 15 is 0 Å². The molecule has 0 rings (SSSR count). The van der Waals surface area contributed by atoms with Crippen molar-refractivity contribution in [3.63, 3.8) is 0 Å². The molecule has 0 bridgehead atoms. The standard InChI is InChI=1S/C64H124O6/c1-4-7-10-13-16-19-22-25-28-29-30-31-32-33-34-35-36-37-40-42-45-48-51-54-57-63(66)69-60-61(70-64(67)58-55-52-49-46-43-39-27-24-21-18-15-12-9-6-3)59-68-62(65)56-53-50-47-44-41-38-26-23-20-17-14-11-8-5-2/h61H,4-60H2,1-3H3. The monoisotopic (exact) mass is 989 g/mol. The maximum absolute atomic E-state index is 12.9. The summed E-state index contributed by atoms with van der Waals surface area (Å²) < 4.78 is 16.9. The molecular weight excluding hydrogens is 865 g/mol. The van der Waals surface area contributed by atoms with Crippen LogP contribution in [0.1, 0.15) is 374 Å². The summed E-state index contributed by atoms with van der Waals surface area (Å²) in [5, 5.41) is 0. The molecule has 0 heterocycles. The van der Waals surface area contributed by atoms with Gasteiger partial charge in [0.2, 0.25) is 0 Å². The number of ether oxygens (including phenoxy) is 3. The van der Waals surface area contributed by atoms with Crippen LogP contribution in [-0.4, -0.2) is 37.2 Å². The van der Waals surface area contributed by atoms with Gasteiger partial charge in [0.15, 0.2) is 6.10 Å². The molecule has 6 nitrogen and oxygen atoms in total. The van der Waals surface area contributed by atoms with Gasteiger partial charge < -0.3 is 14.2 Å².